The molecule has 0 aliphatic carbocycles. The largest absolute Gasteiger partial charge is 0.382 e. The zero-order valence-electron chi connectivity index (χ0n) is 13.1. The fourth-order valence-corrected chi connectivity index (χ4v) is 2.65. The number of anilines is 2. The van der Waals surface area contributed by atoms with E-state index in [1.807, 2.05) is 27.7 Å². The summed E-state index contributed by atoms with van der Waals surface area (Å²) in [7, 11) is 1.57. The molecule has 1 aromatic rings. The van der Waals surface area contributed by atoms with Gasteiger partial charge in [-0.05, 0) is 27.7 Å². The van der Waals surface area contributed by atoms with Gasteiger partial charge in [0.05, 0.1) is 6.54 Å². The minimum absolute atomic E-state index is 0.0126. The molecule has 0 fully saturated rings. The molecule has 8 heteroatoms. The van der Waals surface area contributed by atoms with Crippen LogP contribution in [-0.4, -0.2) is 47.4 Å². The van der Waals surface area contributed by atoms with E-state index in [2.05, 4.69) is 15.6 Å². The summed E-state index contributed by atoms with van der Waals surface area (Å²) < 4.78 is 0. The number of carbonyl (C=O) groups excluding carboxylic acids is 2. The normalized spacial score (nSPS) is 10.8. The minimum Gasteiger partial charge on any atom is -0.382 e. The fourth-order valence-electron chi connectivity index (χ4n) is 1.62. The molecule has 2 amide bonds. The summed E-state index contributed by atoms with van der Waals surface area (Å²) in [5, 5.41) is 6.44. The van der Waals surface area contributed by atoms with Gasteiger partial charge in [-0.15, -0.1) is 0 Å². The van der Waals surface area contributed by atoms with Crippen molar-refractivity contribution < 1.29 is 9.59 Å². The fraction of sp³-hybridized carbons (Fsp3) is 0.615. The number of hydrogen-bond acceptors (Lipinski definition) is 6. The molecule has 0 aromatic carbocycles. The van der Waals surface area contributed by atoms with Gasteiger partial charge in [0.2, 0.25) is 5.91 Å². The first-order valence-electron chi connectivity index (χ1n) is 6.78. The van der Waals surface area contributed by atoms with Crippen LogP contribution in [0.5, 0.6) is 0 Å². The molecule has 1 heterocycles. The van der Waals surface area contributed by atoms with Crippen molar-refractivity contribution in [2.75, 3.05) is 24.6 Å². The van der Waals surface area contributed by atoms with Crippen molar-refractivity contribution in [3.63, 3.8) is 0 Å². The van der Waals surface area contributed by atoms with Crippen LogP contribution in [-0.2, 0) is 4.79 Å². The Morgan fingerprint density at radius 2 is 1.90 bits per heavy atom. The van der Waals surface area contributed by atoms with Gasteiger partial charge in [0, 0.05) is 19.1 Å². The van der Waals surface area contributed by atoms with Gasteiger partial charge in [0.1, 0.15) is 10.7 Å². The number of likely N-dealkylation sites (N-methyl/N-ethyl adjacent to an activating group) is 1. The van der Waals surface area contributed by atoms with Crippen molar-refractivity contribution in [1.82, 2.24) is 15.2 Å². The molecule has 0 aliphatic rings. The summed E-state index contributed by atoms with van der Waals surface area (Å²) in [4.78, 5) is 29.8. The predicted octanol–water partition coefficient (Wildman–Crippen LogP) is 1.14. The molecule has 21 heavy (non-hydrogen) atoms. The van der Waals surface area contributed by atoms with Gasteiger partial charge in [-0.1, -0.05) is 11.3 Å². The van der Waals surface area contributed by atoms with E-state index in [0.717, 1.165) is 0 Å². The van der Waals surface area contributed by atoms with Crippen LogP contribution in [0.15, 0.2) is 0 Å². The molecule has 0 radical (unpaired) electrons. The second-order valence-electron chi connectivity index (χ2n) is 5.42. The second-order valence-corrected chi connectivity index (χ2v) is 6.41. The summed E-state index contributed by atoms with van der Waals surface area (Å²) in [6.07, 6.45) is 0. The van der Waals surface area contributed by atoms with Crippen LogP contribution < -0.4 is 16.4 Å². The first kappa shape index (κ1) is 17.2. The average Bonchev–Trinajstić information content (AvgIpc) is 2.66. The Morgan fingerprint density at radius 3 is 2.43 bits per heavy atom. The van der Waals surface area contributed by atoms with Crippen LogP contribution in [0.1, 0.15) is 37.4 Å². The molecular formula is C13H23N5O2S. The monoisotopic (exact) mass is 313 g/mol. The summed E-state index contributed by atoms with van der Waals surface area (Å²) in [5.41, 5.74) is 5.78. The highest BCUT2D eigenvalue weighted by Gasteiger charge is 2.21. The molecule has 0 saturated heterocycles. The summed E-state index contributed by atoms with van der Waals surface area (Å²) >= 11 is 1.20. The lowest BCUT2D eigenvalue weighted by atomic mass is 10.3. The number of amides is 2. The lowest BCUT2D eigenvalue weighted by Crippen LogP contribution is -2.40. The maximum atomic E-state index is 12.3. The smallest absolute Gasteiger partial charge is 0.268 e. The number of hydrogen-bond donors (Lipinski definition) is 3. The van der Waals surface area contributed by atoms with Crippen LogP contribution >= 0.6 is 11.3 Å². The highest BCUT2D eigenvalue weighted by atomic mass is 32.1. The summed E-state index contributed by atoms with van der Waals surface area (Å²) in [6.45, 7) is 7.67. The van der Waals surface area contributed by atoms with Crippen molar-refractivity contribution in [3.05, 3.63) is 4.88 Å². The number of carbonyl (C=O) groups is 2. The van der Waals surface area contributed by atoms with Crippen molar-refractivity contribution in [2.24, 2.45) is 0 Å². The number of rotatable bonds is 6. The van der Waals surface area contributed by atoms with Crippen LogP contribution in [0.25, 0.3) is 0 Å². The Balaban J connectivity index is 2.74. The molecule has 118 valence electrons. The molecular weight excluding hydrogens is 290 g/mol. The number of nitrogens with one attached hydrogen (secondary N) is 2. The molecule has 0 unspecified atom stereocenters. The zero-order valence-corrected chi connectivity index (χ0v) is 13.9. The minimum atomic E-state index is -0.305. The molecule has 7 nitrogen and oxygen atoms in total. The van der Waals surface area contributed by atoms with Gasteiger partial charge >= 0.3 is 0 Å². The van der Waals surface area contributed by atoms with Crippen LogP contribution in [0, 0.1) is 0 Å². The second kappa shape index (κ2) is 7.26. The molecule has 4 N–H and O–H groups in total. The number of aromatic nitrogens is 1. The highest BCUT2D eigenvalue weighted by Crippen LogP contribution is 2.26. The maximum Gasteiger partial charge on any atom is 0.268 e. The number of thiazole rings is 1. The Hall–Kier alpha value is -1.83. The molecule has 0 aliphatic heterocycles. The van der Waals surface area contributed by atoms with Crippen molar-refractivity contribution in [1.29, 1.82) is 0 Å². The van der Waals surface area contributed by atoms with Crippen LogP contribution in [0.3, 0.4) is 0 Å². The van der Waals surface area contributed by atoms with Crippen molar-refractivity contribution in [2.45, 2.75) is 39.8 Å². The van der Waals surface area contributed by atoms with E-state index in [0.29, 0.717) is 10.0 Å². The van der Waals surface area contributed by atoms with E-state index in [1.54, 1.807) is 7.05 Å². The van der Waals surface area contributed by atoms with E-state index in [1.165, 1.54) is 16.2 Å². The molecule has 0 atom stereocenters. The van der Waals surface area contributed by atoms with E-state index in [9.17, 15) is 9.59 Å². The van der Waals surface area contributed by atoms with Gasteiger partial charge < -0.3 is 21.3 Å². The molecule has 0 saturated carbocycles. The maximum absolute atomic E-state index is 12.3. The van der Waals surface area contributed by atoms with Crippen LogP contribution in [0.2, 0.25) is 0 Å². The van der Waals surface area contributed by atoms with Gasteiger partial charge in [-0.2, -0.15) is 0 Å². The third-order valence-electron chi connectivity index (χ3n) is 2.44. The van der Waals surface area contributed by atoms with Crippen molar-refractivity contribution >= 4 is 34.1 Å². The van der Waals surface area contributed by atoms with Crippen LogP contribution in [0.4, 0.5) is 10.9 Å². The SMILES string of the molecule is CC(C)NC(=O)CN(C)C(=O)c1sc(NC(C)C)nc1N. The van der Waals surface area contributed by atoms with Gasteiger partial charge in [-0.25, -0.2) is 4.98 Å². The van der Waals surface area contributed by atoms with E-state index in [-0.39, 0.29) is 36.3 Å². The number of nitrogen functional groups attached to an aromatic ring is 1. The van der Waals surface area contributed by atoms with E-state index >= 15 is 0 Å². The van der Waals surface area contributed by atoms with Crippen molar-refractivity contribution in [3.8, 4) is 0 Å². The Kier molecular flexibility index (Phi) is 5.95. The van der Waals surface area contributed by atoms with Gasteiger partial charge in [-0.3, -0.25) is 9.59 Å². The first-order chi connectivity index (χ1) is 9.70. The predicted molar refractivity (Wildman–Crippen MR) is 85.5 cm³/mol. The topological polar surface area (TPSA) is 100 Å². The van der Waals surface area contributed by atoms with E-state index in [4.69, 9.17) is 5.73 Å². The average molecular weight is 313 g/mol. The number of nitrogens with two attached hydrogens (primary N) is 1. The third kappa shape index (κ3) is 5.22. The quantitative estimate of drug-likeness (QED) is 0.731. The van der Waals surface area contributed by atoms with E-state index < -0.39 is 0 Å². The molecule has 0 spiro atoms. The standard InChI is InChI=1S/C13H23N5O2S/c1-7(2)15-9(19)6-18(5)12(20)10-11(14)17-13(21-10)16-8(3)4/h7-8H,6,14H2,1-5H3,(H,15,19)(H,16,17). The Bertz CT molecular complexity index is 513. The highest BCUT2D eigenvalue weighted by molar-refractivity contribution is 7.18. The van der Waals surface area contributed by atoms with Gasteiger partial charge in [0.25, 0.3) is 5.91 Å². The summed E-state index contributed by atoms with van der Waals surface area (Å²) in [6, 6.07) is 0.240. The van der Waals surface area contributed by atoms with Gasteiger partial charge in [0.15, 0.2) is 5.13 Å². The Labute approximate surface area is 128 Å². The number of nitrogens with zero attached hydrogens (tertiary/aromatic N) is 2. The summed E-state index contributed by atoms with van der Waals surface area (Å²) in [5.74, 6) is -0.325. The lowest BCUT2D eigenvalue weighted by molar-refractivity contribution is -0.122. The molecule has 1 aromatic heterocycles. The molecule has 0 bridgehead atoms. The zero-order chi connectivity index (χ0) is 16.2. The molecule has 1 rings (SSSR count). The third-order valence-corrected chi connectivity index (χ3v) is 3.43. The lowest BCUT2D eigenvalue weighted by Gasteiger charge is -2.17. The Morgan fingerprint density at radius 1 is 1.29 bits per heavy atom. The first-order valence-corrected chi connectivity index (χ1v) is 7.60.